The number of ether oxygens (including phenoxy) is 1. The van der Waals surface area contributed by atoms with Crippen LogP contribution in [0.2, 0.25) is 0 Å². The molecular formula is C60H107NO5. The standard InChI is InChI=1S/C60H107NO5/c1-4-7-10-13-16-19-22-25-28-31-34-37-40-43-46-49-52-58(63)57(55-62)61-59(64)54-56(51-48-45-42-39-36-33-30-27-24-21-18-15-12-9-6-3)66-60(65)53-50-47-44-41-38-35-32-29-26-23-20-17-14-11-8-5-2/h9,12,15,18,21,24,27,30,33,36,39,42,56-58,62-63H,4-8,10-11,13-14,16-17,19-20,22-23,25-26,28-29,31-32,34-35,37-38,40-41,43-55H2,1-3H3,(H,61,64)/b12-9-,18-15+,24-21+,30-27-,36-33+,42-39+. The molecule has 3 unspecified atom stereocenters. The number of aliphatic hydroxyl groups excluding tert-OH is 2. The first-order valence-electron chi connectivity index (χ1n) is 28.2. The van der Waals surface area contributed by atoms with E-state index in [1.54, 1.807) is 0 Å². The van der Waals surface area contributed by atoms with Crippen LogP contribution in [0.15, 0.2) is 72.9 Å². The van der Waals surface area contributed by atoms with Gasteiger partial charge in [-0.1, -0.05) is 293 Å². The smallest absolute Gasteiger partial charge is 0.306 e. The summed E-state index contributed by atoms with van der Waals surface area (Å²) in [6.07, 6.45) is 68.3. The van der Waals surface area contributed by atoms with Gasteiger partial charge in [-0.15, -0.1) is 0 Å². The molecule has 6 nitrogen and oxygen atoms in total. The minimum absolute atomic E-state index is 0.0268. The first kappa shape index (κ1) is 63.3. The second-order valence-electron chi connectivity index (χ2n) is 19.1. The fraction of sp³-hybridized carbons (Fsp3) is 0.767. The van der Waals surface area contributed by atoms with E-state index in [1.165, 1.54) is 167 Å². The van der Waals surface area contributed by atoms with Crippen LogP contribution in [0.3, 0.4) is 0 Å². The molecule has 0 aromatic heterocycles. The van der Waals surface area contributed by atoms with E-state index >= 15 is 0 Å². The number of carbonyl (C=O) groups is 2. The van der Waals surface area contributed by atoms with Gasteiger partial charge in [-0.3, -0.25) is 9.59 Å². The molecule has 0 saturated carbocycles. The Bertz CT molecular complexity index is 1220. The number of allylic oxidation sites excluding steroid dienone is 12. The topological polar surface area (TPSA) is 95.9 Å². The molecule has 0 aliphatic heterocycles. The molecule has 3 atom stereocenters. The van der Waals surface area contributed by atoms with Crippen molar-refractivity contribution in [3.05, 3.63) is 72.9 Å². The highest BCUT2D eigenvalue weighted by Gasteiger charge is 2.24. The summed E-state index contributed by atoms with van der Waals surface area (Å²) in [6, 6.07) is -0.728. The Morgan fingerprint density at radius 1 is 0.455 bits per heavy atom. The third kappa shape index (κ3) is 47.8. The number of amides is 1. The number of carbonyl (C=O) groups excluding carboxylic acids is 2. The van der Waals surface area contributed by atoms with Crippen molar-refractivity contribution in [1.82, 2.24) is 5.32 Å². The first-order chi connectivity index (χ1) is 32.5. The van der Waals surface area contributed by atoms with Crippen LogP contribution in [0.5, 0.6) is 0 Å². The number of hydrogen-bond acceptors (Lipinski definition) is 5. The zero-order chi connectivity index (χ0) is 48.1. The fourth-order valence-corrected chi connectivity index (χ4v) is 8.47. The molecule has 1 amide bonds. The van der Waals surface area contributed by atoms with Crippen molar-refractivity contribution >= 4 is 11.9 Å². The zero-order valence-electron chi connectivity index (χ0n) is 43.6. The van der Waals surface area contributed by atoms with Crippen LogP contribution in [-0.4, -0.2) is 46.9 Å². The van der Waals surface area contributed by atoms with Crippen molar-refractivity contribution in [2.24, 2.45) is 0 Å². The van der Waals surface area contributed by atoms with Gasteiger partial charge in [0.15, 0.2) is 0 Å². The van der Waals surface area contributed by atoms with Gasteiger partial charge >= 0.3 is 5.97 Å². The highest BCUT2D eigenvalue weighted by Crippen LogP contribution is 2.18. The van der Waals surface area contributed by atoms with E-state index in [4.69, 9.17) is 4.74 Å². The van der Waals surface area contributed by atoms with Crippen molar-refractivity contribution in [2.45, 2.75) is 289 Å². The summed E-state index contributed by atoms with van der Waals surface area (Å²) in [4.78, 5) is 26.2. The third-order valence-electron chi connectivity index (χ3n) is 12.7. The summed E-state index contributed by atoms with van der Waals surface area (Å²) < 4.78 is 5.92. The van der Waals surface area contributed by atoms with Crippen LogP contribution in [-0.2, 0) is 14.3 Å². The Kier molecular flexibility index (Phi) is 51.1. The van der Waals surface area contributed by atoms with Gasteiger partial charge in [0, 0.05) is 6.42 Å². The van der Waals surface area contributed by atoms with Gasteiger partial charge in [0.2, 0.25) is 5.91 Å². The maximum Gasteiger partial charge on any atom is 0.306 e. The van der Waals surface area contributed by atoms with Gasteiger partial charge in [0.1, 0.15) is 6.10 Å². The second kappa shape index (κ2) is 53.3. The van der Waals surface area contributed by atoms with Crippen LogP contribution in [0, 0.1) is 0 Å². The summed E-state index contributed by atoms with van der Waals surface area (Å²) in [5, 5.41) is 23.8. The molecular weight excluding hydrogens is 815 g/mol. The van der Waals surface area contributed by atoms with E-state index in [9.17, 15) is 19.8 Å². The molecule has 0 bridgehead atoms. The maximum atomic E-state index is 13.2. The molecule has 382 valence electrons. The molecule has 0 radical (unpaired) electrons. The molecule has 0 aliphatic carbocycles. The van der Waals surface area contributed by atoms with Crippen LogP contribution in [0.4, 0.5) is 0 Å². The molecule has 0 aromatic carbocycles. The summed E-state index contributed by atoms with van der Waals surface area (Å²) >= 11 is 0. The average Bonchev–Trinajstić information content (AvgIpc) is 3.31. The third-order valence-corrected chi connectivity index (χ3v) is 12.7. The van der Waals surface area contributed by atoms with Crippen molar-refractivity contribution in [1.29, 1.82) is 0 Å². The maximum absolute atomic E-state index is 13.2. The Balaban J connectivity index is 4.64. The SMILES string of the molecule is CC\C=C/C=C/C=C/C=C\C=C\C=C\CCCC(CC(=O)NC(CO)C(O)CCCCCCCCCCCCCCCCCC)OC(=O)CCCCCCCCCCCCCCCCCC. The van der Waals surface area contributed by atoms with E-state index in [2.05, 4.69) is 38.2 Å². The van der Waals surface area contributed by atoms with Crippen molar-refractivity contribution in [3.8, 4) is 0 Å². The minimum atomic E-state index is -0.810. The largest absolute Gasteiger partial charge is 0.462 e. The van der Waals surface area contributed by atoms with Crippen LogP contribution in [0.25, 0.3) is 0 Å². The normalized spacial score (nSPS) is 13.7. The number of aliphatic hydroxyl groups is 2. The summed E-state index contributed by atoms with van der Waals surface area (Å²) in [6.45, 7) is 6.34. The quantitative estimate of drug-likeness (QED) is 0.0321. The first-order valence-corrected chi connectivity index (χ1v) is 28.2. The van der Waals surface area contributed by atoms with E-state index in [0.717, 1.165) is 57.8 Å². The fourth-order valence-electron chi connectivity index (χ4n) is 8.47. The Labute approximate surface area is 409 Å². The monoisotopic (exact) mass is 922 g/mol. The van der Waals surface area contributed by atoms with Crippen molar-refractivity contribution < 1.29 is 24.5 Å². The average molecular weight is 923 g/mol. The van der Waals surface area contributed by atoms with Crippen LogP contribution < -0.4 is 5.32 Å². The Hall–Kier alpha value is -2.70. The number of rotatable bonds is 50. The Morgan fingerprint density at radius 3 is 1.21 bits per heavy atom. The summed E-state index contributed by atoms with van der Waals surface area (Å²) in [5.74, 6) is -0.542. The Morgan fingerprint density at radius 2 is 0.818 bits per heavy atom. The molecule has 6 heteroatoms. The number of esters is 1. The molecule has 0 rings (SSSR count). The van der Waals surface area contributed by atoms with Gasteiger partial charge < -0.3 is 20.3 Å². The highest BCUT2D eigenvalue weighted by molar-refractivity contribution is 5.77. The molecule has 0 heterocycles. The van der Waals surface area contributed by atoms with E-state index < -0.39 is 18.2 Å². The zero-order valence-corrected chi connectivity index (χ0v) is 43.6. The molecule has 0 fully saturated rings. The summed E-state index contributed by atoms with van der Waals surface area (Å²) in [7, 11) is 0. The van der Waals surface area contributed by atoms with E-state index in [0.29, 0.717) is 19.3 Å². The molecule has 0 aromatic rings. The van der Waals surface area contributed by atoms with Gasteiger partial charge in [0.25, 0.3) is 0 Å². The van der Waals surface area contributed by atoms with Gasteiger partial charge in [-0.25, -0.2) is 0 Å². The lowest BCUT2D eigenvalue weighted by Gasteiger charge is -2.24. The predicted octanol–water partition coefficient (Wildman–Crippen LogP) is 17.3. The molecule has 3 N–H and O–H groups in total. The van der Waals surface area contributed by atoms with Crippen LogP contribution in [0.1, 0.15) is 271 Å². The summed E-state index contributed by atoms with van der Waals surface area (Å²) in [5.41, 5.74) is 0. The minimum Gasteiger partial charge on any atom is -0.462 e. The second-order valence-corrected chi connectivity index (χ2v) is 19.1. The van der Waals surface area contributed by atoms with Gasteiger partial charge in [-0.2, -0.15) is 0 Å². The molecule has 66 heavy (non-hydrogen) atoms. The molecule has 0 saturated heterocycles. The highest BCUT2D eigenvalue weighted by atomic mass is 16.5. The molecule has 0 spiro atoms. The van der Waals surface area contributed by atoms with Gasteiger partial charge in [-0.05, 0) is 38.5 Å². The lowest BCUT2D eigenvalue weighted by Crippen LogP contribution is -2.46. The van der Waals surface area contributed by atoms with Gasteiger partial charge in [0.05, 0.1) is 25.2 Å². The number of nitrogens with one attached hydrogen (secondary N) is 1. The van der Waals surface area contributed by atoms with Crippen molar-refractivity contribution in [2.75, 3.05) is 6.61 Å². The van der Waals surface area contributed by atoms with E-state index in [-0.39, 0.29) is 24.9 Å². The molecule has 0 aliphatic rings. The lowest BCUT2D eigenvalue weighted by atomic mass is 10.0. The van der Waals surface area contributed by atoms with E-state index in [1.807, 2.05) is 60.8 Å². The lowest BCUT2D eigenvalue weighted by molar-refractivity contribution is -0.151. The van der Waals surface area contributed by atoms with Crippen LogP contribution >= 0.6 is 0 Å². The van der Waals surface area contributed by atoms with Crippen molar-refractivity contribution in [3.63, 3.8) is 0 Å². The number of unbranched alkanes of at least 4 members (excludes halogenated alkanes) is 31. The predicted molar refractivity (Wildman–Crippen MR) is 287 cm³/mol. The number of hydrogen-bond donors (Lipinski definition) is 3.